The van der Waals surface area contributed by atoms with E-state index in [1.165, 1.54) is 24.7 Å². The molecule has 12 heteroatoms. The van der Waals surface area contributed by atoms with Gasteiger partial charge in [0.05, 0.1) is 31.0 Å². The van der Waals surface area contributed by atoms with E-state index in [-0.39, 0.29) is 49.7 Å². The molecule has 2 unspecified atom stereocenters. The predicted molar refractivity (Wildman–Crippen MR) is 186 cm³/mol. The molecule has 4 aromatic rings. The molecule has 1 amide bonds. The molecule has 0 bridgehead atoms. The minimum atomic E-state index is -4.78. The molecule has 0 aliphatic heterocycles. The Morgan fingerprint density at radius 3 is 2.41 bits per heavy atom. The molecule has 5 rings (SSSR count). The topological polar surface area (TPSA) is 95.2 Å². The lowest BCUT2D eigenvalue weighted by Crippen LogP contribution is -2.40. The average molecular weight is 709 g/mol. The van der Waals surface area contributed by atoms with Crippen molar-refractivity contribution in [3.8, 4) is 11.1 Å². The molecule has 1 aliphatic carbocycles. The van der Waals surface area contributed by atoms with Crippen LogP contribution in [0.1, 0.15) is 91.1 Å². The van der Waals surface area contributed by atoms with Crippen molar-refractivity contribution in [2.75, 3.05) is 6.61 Å². The summed E-state index contributed by atoms with van der Waals surface area (Å²) in [5.41, 5.74) is 3.99. The number of amides is 1. The standard InChI is InChI=1S/C39H44F4N4O4/c1-6-51-36(49)20-33(28-17-26-8-7-9-30(26)31(18-28)37-24(4)15-29(40)16-25(37)5)45-38(50)34(14-23(2)3)47-21-27(10-12-46-13-11-44-22-46)32(19-35(47)48)39(41,42)43/h11,13,15-19,21-23,33-34H,6-10,12,14,20H2,1-5H3,(H,45,50). The van der Waals surface area contributed by atoms with Crippen molar-refractivity contribution in [3.05, 3.63) is 110 Å². The van der Waals surface area contributed by atoms with Crippen molar-refractivity contribution in [2.24, 2.45) is 5.92 Å². The normalized spacial score (nSPS) is 14.0. The number of carbonyl (C=O) groups is 2. The van der Waals surface area contributed by atoms with Crippen molar-refractivity contribution >= 4 is 11.9 Å². The fourth-order valence-corrected chi connectivity index (χ4v) is 7.16. The lowest BCUT2D eigenvalue weighted by molar-refractivity contribution is -0.144. The molecule has 1 aliphatic rings. The van der Waals surface area contributed by atoms with Crippen LogP contribution in [0.25, 0.3) is 11.1 Å². The van der Waals surface area contributed by atoms with Crippen molar-refractivity contribution in [1.82, 2.24) is 19.4 Å². The smallest absolute Gasteiger partial charge is 0.416 e. The Kier molecular flexibility index (Phi) is 11.5. The summed E-state index contributed by atoms with van der Waals surface area (Å²) in [4.78, 5) is 44.7. The minimum Gasteiger partial charge on any atom is -0.466 e. The Balaban J connectivity index is 1.58. The van der Waals surface area contributed by atoms with Gasteiger partial charge in [-0.1, -0.05) is 19.9 Å². The minimum absolute atomic E-state index is 0.0624. The van der Waals surface area contributed by atoms with E-state index >= 15 is 0 Å². The summed E-state index contributed by atoms with van der Waals surface area (Å²) in [6.07, 6.45) is 3.39. The molecule has 0 spiro atoms. The number of nitrogens with zero attached hydrogens (tertiary/aromatic N) is 3. The first-order chi connectivity index (χ1) is 24.2. The van der Waals surface area contributed by atoms with E-state index in [4.69, 9.17) is 4.74 Å². The number of pyridine rings is 1. The lowest BCUT2D eigenvalue weighted by atomic mass is 9.87. The van der Waals surface area contributed by atoms with Crippen LogP contribution >= 0.6 is 0 Å². The highest BCUT2D eigenvalue weighted by atomic mass is 19.4. The van der Waals surface area contributed by atoms with Gasteiger partial charge in [0, 0.05) is 31.2 Å². The molecule has 1 N–H and O–H groups in total. The number of fused-ring (bicyclic) bond motifs is 1. The highest BCUT2D eigenvalue weighted by molar-refractivity contribution is 5.82. The van der Waals surface area contributed by atoms with Gasteiger partial charge in [-0.15, -0.1) is 0 Å². The van der Waals surface area contributed by atoms with Crippen LogP contribution in [0.3, 0.4) is 0 Å². The van der Waals surface area contributed by atoms with E-state index in [2.05, 4.69) is 10.3 Å². The van der Waals surface area contributed by atoms with Crippen molar-refractivity contribution in [2.45, 2.75) is 97.9 Å². The number of nitrogens with one attached hydrogen (secondary N) is 1. The summed E-state index contributed by atoms with van der Waals surface area (Å²) in [5.74, 6) is -1.62. The molecule has 2 atom stereocenters. The van der Waals surface area contributed by atoms with Gasteiger partial charge < -0.3 is 19.2 Å². The maximum Gasteiger partial charge on any atom is 0.416 e. The number of halogens is 4. The van der Waals surface area contributed by atoms with Crippen LogP contribution in [0.15, 0.2) is 60.0 Å². The zero-order chi connectivity index (χ0) is 37.0. The zero-order valence-corrected chi connectivity index (χ0v) is 29.6. The maximum atomic E-state index is 14.3. The largest absolute Gasteiger partial charge is 0.466 e. The number of alkyl halides is 3. The van der Waals surface area contributed by atoms with Crippen LogP contribution in [0.5, 0.6) is 0 Å². The number of imidazole rings is 1. The van der Waals surface area contributed by atoms with Gasteiger partial charge in [0.2, 0.25) is 5.91 Å². The molecule has 2 aromatic carbocycles. The van der Waals surface area contributed by atoms with Crippen molar-refractivity contribution in [1.29, 1.82) is 0 Å². The van der Waals surface area contributed by atoms with E-state index in [0.717, 1.165) is 63.4 Å². The fraction of sp³-hybridized carbons (Fsp3) is 0.436. The Morgan fingerprint density at radius 1 is 1.06 bits per heavy atom. The summed E-state index contributed by atoms with van der Waals surface area (Å²) in [6.45, 7) is 9.38. The molecule has 8 nitrogen and oxygen atoms in total. The summed E-state index contributed by atoms with van der Waals surface area (Å²) >= 11 is 0. The zero-order valence-electron chi connectivity index (χ0n) is 29.6. The van der Waals surface area contributed by atoms with Gasteiger partial charge in [-0.3, -0.25) is 14.4 Å². The Hall–Kier alpha value is -4.74. The average Bonchev–Trinajstić information content (AvgIpc) is 3.74. The molecule has 2 heterocycles. The monoisotopic (exact) mass is 708 g/mol. The van der Waals surface area contributed by atoms with E-state index in [1.807, 2.05) is 39.8 Å². The number of aryl methyl sites for hydroxylation is 5. The number of benzene rings is 2. The summed E-state index contributed by atoms with van der Waals surface area (Å²) in [5, 5.41) is 2.99. The van der Waals surface area contributed by atoms with Crippen LogP contribution in [-0.2, 0) is 46.3 Å². The lowest BCUT2D eigenvalue weighted by Gasteiger charge is -2.27. The van der Waals surface area contributed by atoms with E-state index < -0.39 is 41.3 Å². The van der Waals surface area contributed by atoms with E-state index in [1.54, 1.807) is 17.7 Å². The third kappa shape index (κ3) is 8.77. The number of ether oxygens (including phenoxy) is 1. The van der Waals surface area contributed by atoms with Crippen molar-refractivity contribution < 1.29 is 31.9 Å². The maximum absolute atomic E-state index is 14.3. The van der Waals surface area contributed by atoms with Gasteiger partial charge in [-0.2, -0.15) is 13.2 Å². The molecule has 0 saturated carbocycles. The van der Waals surface area contributed by atoms with Crippen LogP contribution in [0, 0.1) is 25.6 Å². The highest BCUT2D eigenvalue weighted by Gasteiger charge is 2.36. The Labute approximate surface area is 294 Å². The van der Waals surface area contributed by atoms with Gasteiger partial charge >= 0.3 is 12.1 Å². The first-order valence-electron chi connectivity index (χ1n) is 17.3. The van der Waals surface area contributed by atoms with Crippen LogP contribution in [0.2, 0.25) is 0 Å². The number of carbonyl (C=O) groups excluding carboxylic acids is 2. The second kappa shape index (κ2) is 15.7. The fourth-order valence-electron chi connectivity index (χ4n) is 7.16. The predicted octanol–water partition coefficient (Wildman–Crippen LogP) is 7.62. The van der Waals surface area contributed by atoms with E-state index in [9.17, 15) is 31.9 Å². The van der Waals surface area contributed by atoms with Gasteiger partial charge in [-0.25, -0.2) is 9.37 Å². The highest BCUT2D eigenvalue weighted by Crippen LogP contribution is 2.39. The number of hydrogen-bond donors (Lipinski definition) is 1. The Bertz CT molecular complexity index is 1930. The molecule has 51 heavy (non-hydrogen) atoms. The second-order valence-corrected chi connectivity index (χ2v) is 13.7. The van der Waals surface area contributed by atoms with Crippen LogP contribution in [-0.4, -0.2) is 32.6 Å². The molecular formula is C39H44F4N4O4. The van der Waals surface area contributed by atoms with Gasteiger partial charge in [0.1, 0.15) is 11.9 Å². The third-order valence-electron chi connectivity index (χ3n) is 9.40. The van der Waals surface area contributed by atoms with Gasteiger partial charge in [0.15, 0.2) is 0 Å². The first kappa shape index (κ1) is 37.5. The SMILES string of the molecule is CCOC(=O)CC(NC(=O)C(CC(C)C)n1cc(CCn2ccnc2)c(C(F)(F)F)cc1=O)c1cc2c(c(-c3c(C)cc(F)cc3C)c1)CCC2. The number of aromatic nitrogens is 3. The second-order valence-electron chi connectivity index (χ2n) is 13.7. The number of hydrogen-bond acceptors (Lipinski definition) is 5. The van der Waals surface area contributed by atoms with Crippen LogP contribution < -0.4 is 10.9 Å². The summed E-state index contributed by atoms with van der Waals surface area (Å²) in [7, 11) is 0. The molecular weight excluding hydrogens is 664 g/mol. The molecule has 272 valence electrons. The Morgan fingerprint density at radius 2 is 1.78 bits per heavy atom. The van der Waals surface area contributed by atoms with Crippen molar-refractivity contribution in [3.63, 3.8) is 0 Å². The molecule has 2 aromatic heterocycles. The molecule has 0 fully saturated rings. The van der Waals surface area contributed by atoms with Gasteiger partial charge in [-0.05, 0) is 121 Å². The number of rotatable bonds is 13. The molecule has 0 radical (unpaired) electrons. The van der Waals surface area contributed by atoms with Crippen LogP contribution in [0.4, 0.5) is 17.6 Å². The summed E-state index contributed by atoms with van der Waals surface area (Å²) in [6, 6.07) is 5.36. The van der Waals surface area contributed by atoms with E-state index in [0.29, 0.717) is 11.6 Å². The quantitative estimate of drug-likeness (QED) is 0.114. The first-order valence-corrected chi connectivity index (χ1v) is 17.3. The summed E-state index contributed by atoms with van der Waals surface area (Å²) < 4.78 is 64.8. The molecule has 0 saturated heterocycles. The number of esters is 1. The van der Waals surface area contributed by atoms with Gasteiger partial charge in [0.25, 0.3) is 5.56 Å². The third-order valence-corrected chi connectivity index (χ3v) is 9.40.